The second-order valence-corrected chi connectivity index (χ2v) is 8.25. The molecule has 7 heteroatoms. The standard InChI is InChI=1S/C17H21N3O3S/c1-2-24(22,23)18-8-7-12-9-13-3-4-14(11-15(13)10-12)16-5-6-17(21)20-19-16/h3-6,11-12,18H,2,7-10H2,1H3,(H,20,21). The molecule has 2 N–H and O–H groups in total. The van der Waals surface area contributed by atoms with E-state index in [2.05, 4.69) is 27.1 Å². The Morgan fingerprint density at radius 3 is 2.71 bits per heavy atom. The average Bonchev–Trinajstić information content (AvgIpc) is 2.97. The van der Waals surface area contributed by atoms with Crippen LogP contribution in [0.15, 0.2) is 35.1 Å². The fourth-order valence-corrected chi connectivity index (χ4v) is 3.73. The van der Waals surface area contributed by atoms with Gasteiger partial charge in [-0.3, -0.25) is 4.79 Å². The van der Waals surface area contributed by atoms with Gasteiger partial charge in [0.25, 0.3) is 5.56 Å². The fraction of sp³-hybridized carbons (Fsp3) is 0.412. The third kappa shape index (κ3) is 3.91. The highest BCUT2D eigenvalue weighted by molar-refractivity contribution is 7.89. The van der Waals surface area contributed by atoms with Crippen molar-refractivity contribution >= 4 is 10.0 Å². The molecule has 0 saturated carbocycles. The lowest BCUT2D eigenvalue weighted by atomic mass is 10.0. The van der Waals surface area contributed by atoms with Gasteiger partial charge in [-0.15, -0.1) is 0 Å². The molecule has 1 aromatic heterocycles. The van der Waals surface area contributed by atoms with Crippen LogP contribution in [0.1, 0.15) is 24.5 Å². The minimum absolute atomic E-state index is 0.118. The molecule has 6 nitrogen and oxygen atoms in total. The number of sulfonamides is 1. The Bertz CT molecular complexity index is 870. The molecule has 0 spiro atoms. The zero-order valence-electron chi connectivity index (χ0n) is 13.6. The Morgan fingerprint density at radius 1 is 1.21 bits per heavy atom. The van der Waals surface area contributed by atoms with Crippen LogP contribution in [-0.2, 0) is 22.9 Å². The molecule has 2 aromatic rings. The number of H-pyrrole nitrogens is 1. The first-order valence-corrected chi connectivity index (χ1v) is 9.77. The second-order valence-electron chi connectivity index (χ2n) is 6.15. The minimum atomic E-state index is -3.11. The number of nitrogens with zero attached hydrogens (tertiary/aromatic N) is 1. The molecule has 1 aliphatic rings. The molecule has 0 bridgehead atoms. The van der Waals surface area contributed by atoms with Gasteiger partial charge in [0.2, 0.25) is 10.0 Å². The zero-order valence-corrected chi connectivity index (χ0v) is 14.4. The van der Waals surface area contributed by atoms with Gasteiger partial charge >= 0.3 is 0 Å². The normalized spacial score (nSPS) is 17.0. The summed E-state index contributed by atoms with van der Waals surface area (Å²) in [5.74, 6) is 0.575. The summed E-state index contributed by atoms with van der Waals surface area (Å²) >= 11 is 0. The number of aromatic nitrogens is 2. The molecule has 0 fully saturated rings. The van der Waals surface area contributed by atoms with Crippen LogP contribution >= 0.6 is 0 Å². The van der Waals surface area contributed by atoms with E-state index >= 15 is 0 Å². The van der Waals surface area contributed by atoms with Gasteiger partial charge in [0.15, 0.2) is 0 Å². The Kier molecular flexibility index (Phi) is 4.82. The first-order chi connectivity index (χ1) is 11.5. The SMILES string of the molecule is CCS(=O)(=O)NCCC1Cc2ccc(-c3ccc(=O)[nH]n3)cc2C1. The predicted octanol–water partition coefficient (Wildman–Crippen LogP) is 1.48. The monoisotopic (exact) mass is 347 g/mol. The summed E-state index contributed by atoms with van der Waals surface area (Å²) in [4.78, 5) is 11.1. The van der Waals surface area contributed by atoms with Crippen LogP contribution in [0, 0.1) is 5.92 Å². The van der Waals surface area contributed by atoms with Crippen molar-refractivity contribution in [3.05, 3.63) is 51.8 Å². The summed E-state index contributed by atoms with van der Waals surface area (Å²) in [6, 6.07) is 9.42. The van der Waals surface area contributed by atoms with E-state index in [0.29, 0.717) is 12.5 Å². The number of hydrogen-bond acceptors (Lipinski definition) is 4. The molecule has 3 rings (SSSR count). The molecule has 1 unspecified atom stereocenters. The third-order valence-electron chi connectivity index (χ3n) is 4.45. The van der Waals surface area contributed by atoms with Crippen LogP contribution in [0.4, 0.5) is 0 Å². The number of fused-ring (bicyclic) bond motifs is 1. The first kappa shape index (κ1) is 16.9. The van der Waals surface area contributed by atoms with Gasteiger partial charge in [0.05, 0.1) is 11.4 Å². The van der Waals surface area contributed by atoms with E-state index in [-0.39, 0.29) is 11.3 Å². The van der Waals surface area contributed by atoms with Gasteiger partial charge < -0.3 is 0 Å². The molecular weight excluding hydrogens is 326 g/mol. The lowest BCUT2D eigenvalue weighted by molar-refractivity contribution is 0.505. The molecule has 24 heavy (non-hydrogen) atoms. The van der Waals surface area contributed by atoms with Gasteiger partial charge in [0.1, 0.15) is 0 Å². The molecular formula is C17H21N3O3S. The van der Waals surface area contributed by atoms with Crippen LogP contribution in [0.25, 0.3) is 11.3 Å². The van der Waals surface area contributed by atoms with Crippen molar-refractivity contribution in [1.82, 2.24) is 14.9 Å². The van der Waals surface area contributed by atoms with Gasteiger partial charge in [-0.2, -0.15) is 5.10 Å². The van der Waals surface area contributed by atoms with E-state index in [4.69, 9.17) is 0 Å². The van der Waals surface area contributed by atoms with E-state index in [1.54, 1.807) is 13.0 Å². The summed E-state index contributed by atoms with van der Waals surface area (Å²) in [5.41, 5.74) is 4.11. The molecule has 0 aliphatic heterocycles. The third-order valence-corrected chi connectivity index (χ3v) is 5.86. The summed E-state index contributed by atoms with van der Waals surface area (Å²) in [6.45, 7) is 2.13. The van der Waals surface area contributed by atoms with Crippen molar-refractivity contribution in [3.8, 4) is 11.3 Å². The van der Waals surface area contributed by atoms with E-state index in [1.165, 1.54) is 17.2 Å². The van der Waals surface area contributed by atoms with Crippen molar-refractivity contribution in [1.29, 1.82) is 0 Å². The minimum Gasteiger partial charge on any atom is -0.268 e. The maximum atomic E-state index is 11.5. The average molecular weight is 347 g/mol. The van der Waals surface area contributed by atoms with Crippen molar-refractivity contribution in [2.24, 2.45) is 5.92 Å². The molecule has 1 heterocycles. The lowest BCUT2D eigenvalue weighted by Gasteiger charge is -2.09. The fourth-order valence-electron chi connectivity index (χ4n) is 3.10. The Hall–Kier alpha value is -1.99. The molecule has 128 valence electrons. The van der Waals surface area contributed by atoms with Crippen molar-refractivity contribution in [2.75, 3.05) is 12.3 Å². The Morgan fingerprint density at radius 2 is 2.00 bits per heavy atom. The van der Waals surface area contributed by atoms with Crippen LogP contribution < -0.4 is 10.3 Å². The van der Waals surface area contributed by atoms with E-state index in [9.17, 15) is 13.2 Å². The highest BCUT2D eigenvalue weighted by atomic mass is 32.2. The maximum Gasteiger partial charge on any atom is 0.264 e. The molecule has 0 saturated heterocycles. The van der Waals surface area contributed by atoms with Crippen LogP contribution in [0.5, 0.6) is 0 Å². The summed E-state index contributed by atoms with van der Waals surface area (Å²) in [6.07, 6.45) is 2.75. The smallest absolute Gasteiger partial charge is 0.264 e. The molecule has 1 atom stereocenters. The number of rotatable bonds is 6. The van der Waals surface area contributed by atoms with Gasteiger partial charge in [-0.25, -0.2) is 18.2 Å². The van der Waals surface area contributed by atoms with Gasteiger partial charge in [-0.05, 0) is 55.4 Å². The summed E-state index contributed by atoms with van der Waals surface area (Å²) in [5, 5.41) is 6.52. The van der Waals surface area contributed by atoms with Gasteiger partial charge in [0, 0.05) is 18.2 Å². The van der Waals surface area contributed by atoms with E-state index in [1.807, 2.05) is 6.07 Å². The lowest BCUT2D eigenvalue weighted by Crippen LogP contribution is -2.27. The molecule has 0 amide bonds. The highest BCUT2D eigenvalue weighted by Crippen LogP contribution is 2.31. The zero-order chi connectivity index (χ0) is 17.2. The summed E-state index contributed by atoms with van der Waals surface area (Å²) in [7, 11) is -3.11. The Labute approximate surface area is 141 Å². The highest BCUT2D eigenvalue weighted by Gasteiger charge is 2.22. The Balaban J connectivity index is 1.65. The number of aromatic amines is 1. The van der Waals surface area contributed by atoms with Gasteiger partial charge in [-0.1, -0.05) is 12.1 Å². The van der Waals surface area contributed by atoms with Crippen molar-refractivity contribution in [2.45, 2.75) is 26.2 Å². The van der Waals surface area contributed by atoms with Crippen molar-refractivity contribution < 1.29 is 8.42 Å². The van der Waals surface area contributed by atoms with Crippen LogP contribution in [0.2, 0.25) is 0 Å². The topological polar surface area (TPSA) is 91.9 Å². The van der Waals surface area contributed by atoms with E-state index in [0.717, 1.165) is 30.5 Å². The first-order valence-electron chi connectivity index (χ1n) is 8.12. The van der Waals surface area contributed by atoms with Crippen LogP contribution in [0.3, 0.4) is 0 Å². The molecule has 1 aliphatic carbocycles. The van der Waals surface area contributed by atoms with Crippen molar-refractivity contribution in [3.63, 3.8) is 0 Å². The quantitative estimate of drug-likeness (QED) is 0.828. The number of hydrogen-bond donors (Lipinski definition) is 2. The molecule has 1 aromatic carbocycles. The molecule has 0 radical (unpaired) electrons. The predicted molar refractivity (Wildman–Crippen MR) is 93.3 cm³/mol. The number of nitrogens with one attached hydrogen (secondary N) is 2. The number of benzene rings is 1. The maximum absolute atomic E-state index is 11.5. The van der Waals surface area contributed by atoms with Crippen LogP contribution in [-0.4, -0.2) is 30.9 Å². The second kappa shape index (κ2) is 6.86. The largest absolute Gasteiger partial charge is 0.268 e. The summed E-state index contributed by atoms with van der Waals surface area (Å²) < 4.78 is 25.6. The van der Waals surface area contributed by atoms with E-state index < -0.39 is 10.0 Å².